The summed E-state index contributed by atoms with van der Waals surface area (Å²) in [6.45, 7) is 5.67. The fourth-order valence-electron chi connectivity index (χ4n) is 3.61. The molecule has 174 valence electrons. The number of rotatable bonds is 8. The Kier molecular flexibility index (Phi) is 7.49. The summed E-state index contributed by atoms with van der Waals surface area (Å²) in [6.07, 6.45) is 6.98. The smallest absolute Gasteiger partial charge is 0.218 e. The summed E-state index contributed by atoms with van der Waals surface area (Å²) in [6, 6.07) is 10.7. The van der Waals surface area contributed by atoms with Gasteiger partial charge in [-0.05, 0) is 50.4 Å². The van der Waals surface area contributed by atoms with E-state index in [1.165, 1.54) is 24.2 Å². The molecule has 0 bridgehead atoms. The van der Waals surface area contributed by atoms with Crippen LogP contribution >= 0.6 is 11.8 Å². The third-order valence-corrected chi connectivity index (χ3v) is 5.95. The number of thioether (sulfide) groups is 1. The van der Waals surface area contributed by atoms with Crippen molar-refractivity contribution in [3.63, 3.8) is 0 Å². The van der Waals surface area contributed by atoms with Crippen LogP contribution in [0.5, 0.6) is 11.6 Å². The molecule has 2 aromatic heterocycles. The van der Waals surface area contributed by atoms with Gasteiger partial charge in [0.2, 0.25) is 5.88 Å². The maximum absolute atomic E-state index is 14.3. The molecule has 3 aromatic rings. The summed E-state index contributed by atoms with van der Waals surface area (Å²) < 4.78 is 26.0. The van der Waals surface area contributed by atoms with Crippen LogP contribution in [0, 0.1) is 5.82 Å². The molecule has 0 aliphatic carbocycles. The Morgan fingerprint density at radius 1 is 1.09 bits per heavy atom. The molecule has 1 aliphatic rings. The van der Waals surface area contributed by atoms with Gasteiger partial charge < -0.3 is 19.7 Å². The van der Waals surface area contributed by atoms with Gasteiger partial charge in [0, 0.05) is 36.9 Å². The average Bonchev–Trinajstić information content (AvgIpc) is 2.81. The van der Waals surface area contributed by atoms with Gasteiger partial charge in [0.25, 0.3) is 0 Å². The number of pyridine rings is 1. The molecule has 1 aliphatic heterocycles. The Morgan fingerprint density at radius 2 is 1.91 bits per heavy atom. The highest BCUT2D eigenvalue weighted by atomic mass is 32.2. The maximum atomic E-state index is 14.3. The topological polar surface area (TPSA) is 72.4 Å². The van der Waals surface area contributed by atoms with Crippen molar-refractivity contribution >= 4 is 29.1 Å². The number of anilines is 3. The van der Waals surface area contributed by atoms with Crippen molar-refractivity contribution in [1.29, 1.82) is 0 Å². The van der Waals surface area contributed by atoms with E-state index in [1.54, 1.807) is 18.3 Å². The van der Waals surface area contributed by atoms with Crippen LogP contribution in [0.15, 0.2) is 53.8 Å². The quantitative estimate of drug-likeness (QED) is 0.445. The molecular formula is C24H28FN5O2S. The summed E-state index contributed by atoms with van der Waals surface area (Å²) in [4.78, 5) is 16.1. The van der Waals surface area contributed by atoms with Gasteiger partial charge in [-0.1, -0.05) is 0 Å². The minimum absolute atomic E-state index is 0.0464. The number of hydrogen-bond acceptors (Lipinski definition) is 8. The Labute approximate surface area is 197 Å². The fourth-order valence-corrected chi connectivity index (χ4v) is 4.03. The van der Waals surface area contributed by atoms with E-state index in [-0.39, 0.29) is 18.0 Å². The highest BCUT2D eigenvalue weighted by Gasteiger charge is 2.22. The minimum atomic E-state index is -0.326. The van der Waals surface area contributed by atoms with Gasteiger partial charge in [-0.15, -0.1) is 11.8 Å². The van der Waals surface area contributed by atoms with Crippen LogP contribution in [-0.4, -0.2) is 46.5 Å². The molecule has 0 unspecified atom stereocenters. The molecule has 1 fully saturated rings. The Hall–Kier alpha value is -3.07. The lowest BCUT2D eigenvalue weighted by Gasteiger charge is -2.32. The van der Waals surface area contributed by atoms with Crippen LogP contribution in [0.2, 0.25) is 0 Å². The van der Waals surface area contributed by atoms with Crippen LogP contribution in [0.3, 0.4) is 0 Å². The van der Waals surface area contributed by atoms with Gasteiger partial charge in [0.05, 0.1) is 18.0 Å². The largest absolute Gasteiger partial charge is 0.489 e. The first-order valence-electron chi connectivity index (χ1n) is 11.0. The lowest BCUT2D eigenvalue weighted by atomic mass is 10.1. The predicted octanol–water partition coefficient (Wildman–Crippen LogP) is 5.31. The lowest BCUT2D eigenvalue weighted by Crippen LogP contribution is -2.38. The molecular weight excluding hydrogens is 441 g/mol. The number of nitrogens with one attached hydrogen (secondary N) is 1. The van der Waals surface area contributed by atoms with Crippen LogP contribution in [-0.2, 0) is 0 Å². The summed E-state index contributed by atoms with van der Waals surface area (Å²) in [7, 11) is 0. The molecule has 0 amide bonds. The molecule has 33 heavy (non-hydrogen) atoms. The molecule has 0 saturated carbocycles. The number of nitrogens with zero attached hydrogens (tertiary/aromatic N) is 4. The van der Waals surface area contributed by atoms with E-state index in [4.69, 9.17) is 9.47 Å². The standard InChI is InChI=1S/C24H28FN5O2S/c1-16(2)31-18-4-7-23(26-14-18)30-10-8-17(9-11-30)32-24-13-22(27-15-28-24)29-21-6-5-19(33-3)12-20(21)25/h4-7,12-17H,8-11H2,1-3H3,(H,27,28,29). The van der Waals surface area contributed by atoms with Crippen molar-refractivity contribution < 1.29 is 13.9 Å². The highest BCUT2D eigenvalue weighted by Crippen LogP contribution is 2.26. The average molecular weight is 470 g/mol. The first-order chi connectivity index (χ1) is 16.0. The van der Waals surface area contributed by atoms with E-state index in [2.05, 4.69) is 25.2 Å². The second-order valence-electron chi connectivity index (χ2n) is 8.04. The third-order valence-electron chi connectivity index (χ3n) is 5.23. The third kappa shape index (κ3) is 6.25. The second-order valence-corrected chi connectivity index (χ2v) is 8.91. The minimum Gasteiger partial charge on any atom is -0.489 e. The zero-order valence-corrected chi connectivity index (χ0v) is 19.8. The van der Waals surface area contributed by atoms with Crippen molar-refractivity contribution in [2.24, 2.45) is 0 Å². The van der Waals surface area contributed by atoms with Gasteiger partial charge >= 0.3 is 0 Å². The summed E-state index contributed by atoms with van der Waals surface area (Å²) in [5.41, 5.74) is 0.364. The molecule has 1 saturated heterocycles. The number of hydrogen-bond donors (Lipinski definition) is 1. The van der Waals surface area contributed by atoms with Crippen LogP contribution in [0.1, 0.15) is 26.7 Å². The summed E-state index contributed by atoms with van der Waals surface area (Å²) >= 11 is 1.49. The van der Waals surface area contributed by atoms with Crippen LogP contribution in [0.25, 0.3) is 0 Å². The summed E-state index contributed by atoms with van der Waals surface area (Å²) in [5, 5.41) is 3.00. The van der Waals surface area contributed by atoms with Crippen molar-refractivity contribution in [3.8, 4) is 11.6 Å². The van der Waals surface area contributed by atoms with E-state index >= 15 is 0 Å². The molecule has 9 heteroatoms. The SMILES string of the molecule is CSc1ccc(Nc2cc(OC3CCN(c4ccc(OC(C)C)cn4)CC3)ncn2)c(F)c1. The van der Waals surface area contributed by atoms with Gasteiger partial charge in [-0.2, -0.15) is 0 Å². The molecule has 0 radical (unpaired) electrons. The van der Waals surface area contributed by atoms with Crippen molar-refractivity contribution in [3.05, 3.63) is 54.7 Å². The Morgan fingerprint density at radius 3 is 2.58 bits per heavy atom. The number of benzene rings is 1. The Balaban J connectivity index is 1.31. The van der Waals surface area contributed by atoms with Gasteiger partial charge in [-0.3, -0.25) is 0 Å². The number of ether oxygens (including phenoxy) is 2. The first kappa shape index (κ1) is 23.1. The van der Waals surface area contributed by atoms with E-state index in [9.17, 15) is 4.39 Å². The predicted molar refractivity (Wildman–Crippen MR) is 129 cm³/mol. The van der Waals surface area contributed by atoms with Crippen LogP contribution in [0.4, 0.5) is 21.7 Å². The molecule has 3 heterocycles. The van der Waals surface area contributed by atoms with Crippen molar-refractivity contribution in [2.45, 2.75) is 43.8 Å². The fraction of sp³-hybridized carbons (Fsp3) is 0.375. The number of halogens is 1. The van der Waals surface area contributed by atoms with Gasteiger partial charge in [0.15, 0.2) is 0 Å². The normalized spacial score (nSPS) is 14.4. The maximum Gasteiger partial charge on any atom is 0.218 e. The second kappa shape index (κ2) is 10.7. The summed E-state index contributed by atoms with van der Waals surface area (Å²) in [5.74, 6) is 2.35. The van der Waals surface area contributed by atoms with Gasteiger partial charge in [-0.25, -0.2) is 19.3 Å². The van der Waals surface area contributed by atoms with Crippen molar-refractivity contribution in [1.82, 2.24) is 15.0 Å². The van der Waals surface area contributed by atoms with Gasteiger partial charge in [0.1, 0.15) is 35.6 Å². The molecule has 0 spiro atoms. The van der Waals surface area contributed by atoms with E-state index in [0.717, 1.165) is 42.4 Å². The zero-order valence-electron chi connectivity index (χ0n) is 19.0. The molecule has 4 rings (SSSR count). The zero-order chi connectivity index (χ0) is 23.2. The monoisotopic (exact) mass is 469 g/mol. The molecule has 1 N–H and O–H groups in total. The van der Waals surface area contributed by atoms with Crippen molar-refractivity contribution in [2.75, 3.05) is 29.6 Å². The molecule has 0 atom stereocenters. The Bertz CT molecular complexity index is 1060. The number of piperidine rings is 1. The number of aromatic nitrogens is 3. The molecule has 7 nitrogen and oxygen atoms in total. The lowest BCUT2D eigenvalue weighted by molar-refractivity contribution is 0.163. The van der Waals surface area contributed by atoms with E-state index in [0.29, 0.717) is 17.4 Å². The first-order valence-corrected chi connectivity index (χ1v) is 12.2. The van der Waals surface area contributed by atoms with Crippen LogP contribution < -0.4 is 19.7 Å². The molecule has 1 aromatic carbocycles. The van der Waals surface area contributed by atoms with E-state index < -0.39 is 0 Å². The highest BCUT2D eigenvalue weighted by molar-refractivity contribution is 7.98. The van der Waals surface area contributed by atoms with E-state index in [1.807, 2.05) is 38.3 Å².